The van der Waals surface area contributed by atoms with Crippen molar-refractivity contribution >= 4 is 39.1 Å². The molecule has 3 rings (SSSR count). The third-order valence-electron chi connectivity index (χ3n) is 5.28. The van der Waals surface area contributed by atoms with Crippen LogP contribution in [0.1, 0.15) is 18.4 Å². The fourth-order valence-electron chi connectivity index (χ4n) is 3.54. The van der Waals surface area contributed by atoms with Gasteiger partial charge >= 0.3 is 0 Å². The van der Waals surface area contributed by atoms with E-state index in [2.05, 4.69) is 0 Å². The first-order valence-corrected chi connectivity index (χ1v) is 11.7. The Morgan fingerprint density at radius 1 is 1.10 bits per heavy atom. The van der Waals surface area contributed by atoms with Crippen molar-refractivity contribution < 1.29 is 17.9 Å². The highest BCUT2D eigenvalue weighted by atomic mass is 35.5. The minimum absolute atomic E-state index is 0.00238. The van der Waals surface area contributed by atoms with Gasteiger partial charge in [0.05, 0.1) is 22.1 Å². The number of methoxy groups -OCH3 is 1. The van der Waals surface area contributed by atoms with Gasteiger partial charge in [-0.15, -0.1) is 0 Å². The van der Waals surface area contributed by atoms with Crippen LogP contribution in [-0.2, 0) is 21.4 Å². The molecule has 0 aliphatic carbocycles. The van der Waals surface area contributed by atoms with Crippen molar-refractivity contribution in [3.63, 3.8) is 0 Å². The summed E-state index contributed by atoms with van der Waals surface area (Å²) in [5.74, 6) is 0.394. The van der Waals surface area contributed by atoms with Crippen LogP contribution in [0.4, 0.5) is 0 Å². The first kappa shape index (κ1) is 22.9. The Morgan fingerprint density at radius 3 is 2.30 bits per heavy atom. The number of carbonyl (C=O) groups excluding carboxylic acids is 1. The van der Waals surface area contributed by atoms with Crippen LogP contribution in [0.3, 0.4) is 0 Å². The minimum atomic E-state index is -3.59. The van der Waals surface area contributed by atoms with Crippen molar-refractivity contribution in [2.24, 2.45) is 5.92 Å². The summed E-state index contributed by atoms with van der Waals surface area (Å²) in [6.45, 7) is 1.04. The number of piperidine rings is 1. The van der Waals surface area contributed by atoms with Gasteiger partial charge in [-0.3, -0.25) is 4.79 Å². The topological polar surface area (TPSA) is 66.9 Å². The maximum absolute atomic E-state index is 12.9. The lowest BCUT2D eigenvalue weighted by Gasteiger charge is -2.32. The summed E-state index contributed by atoms with van der Waals surface area (Å²) in [5, 5.41) is 0.923. The van der Waals surface area contributed by atoms with E-state index in [1.54, 1.807) is 36.2 Å². The molecule has 1 heterocycles. The number of carbonyl (C=O) groups is 1. The van der Waals surface area contributed by atoms with Gasteiger partial charge in [-0.2, -0.15) is 4.31 Å². The van der Waals surface area contributed by atoms with Crippen LogP contribution >= 0.6 is 23.2 Å². The van der Waals surface area contributed by atoms with E-state index in [1.165, 1.54) is 23.5 Å². The largest absolute Gasteiger partial charge is 0.497 e. The maximum Gasteiger partial charge on any atom is 0.243 e. The second-order valence-corrected chi connectivity index (χ2v) is 10.0. The zero-order valence-electron chi connectivity index (χ0n) is 16.8. The third-order valence-corrected chi connectivity index (χ3v) is 7.93. The van der Waals surface area contributed by atoms with Crippen LogP contribution in [0.5, 0.6) is 5.75 Å². The molecule has 0 spiro atoms. The molecular weight excluding hydrogens is 447 g/mol. The molecule has 1 fully saturated rings. The Labute approximate surface area is 187 Å². The molecule has 1 amide bonds. The second kappa shape index (κ2) is 9.56. The number of hydrogen-bond acceptors (Lipinski definition) is 4. The molecule has 2 aromatic carbocycles. The Balaban J connectivity index is 1.59. The summed E-state index contributed by atoms with van der Waals surface area (Å²) < 4.78 is 32.3. The average Bonchev–Trinajstić information content (AvgIpc) is 2.76. The predicted octanol–water partition coefficient (Wildman–Crippen LogP) is 4.06. The molecule has 6 nitrogen and oxygen atoms in total. The third kappa shape index (κ3) is 5.09. The van der Waals surface area contributed by atoms with Crippen molar-refractivity contribution in [1.82, 2.24) is 9.21 Å². The summed E-state index contributed by atoms with van der Waals surface area (Å²) in [5.41, 5.74) is 0.889. The van der Waals surface area contributed by atoms with Crippen LogP contribution in [0.15, 0.2) is 47.4 Å². The SMILES string of the molecule is COc1ccc(S(=O)(=O)N2CCC(C(=O)N(C)Cc3ccc(Cl)c(Cl)c3)CC2)cc1. The molecule has 0 unspecified atom stereocenters. The monoisotopic (exact) mass is 470 g/mol. The Hall–Kier alpha value is -1.80. The van der Waals surface area contributed by atoms with Gasteiger partial charge in [-0.25, -0.2) is 8.42 Å². The van der Waals surface area contributed by atoms with Crippen LogP contribution < -0.4 is 4.74 Å². The molecule has 9 heteroatoms. The molecule has 0 radical (unpaired) electrons. The first-order valence-electron chi connectivity index (χ1n) is 9.55. The molecule has 30 heavy (non-hydrogen) atoms. The second-order valence-electron chi connectivity index (χ2n) is 7.30. The first-order chi connectivity index (χ1) is 14.2. The molecule has 0 aromatic heterocycles. The number of hydrogen-bond donors (Lipinski definition) is 0. The highest BCUT2D eigenvalue weighted by Gasteiger charge is 2.33. The molecule has 1 saturated heterocycles. The van der Waals surface area contributed by atoms with E-state index >= 15 is 0 Å². The van der Waals surface area contributed by atoms with Crippen molar-refractivity contribution in [2.75, 3.05) is 27.2 Å². The van der Waals surface area contributed by atoms with E-state index in [9.17, 15) is 13.2 Å². The lowest BCUT2D eigenvalue weighted by Crippen LogP contribution is -2.43. The number of ether oxygens (including phenoxy) is 1. The van der Waals surface area contributed by atoms with Crippen LogP contribution in [-0.4, -0.2) is 50.8 Å². The van der Waals surface area contributed by atoms with Gasteiger partial charge < -0.3 is 9.64 Å². The smallest absolute Gasteiger partial charge is 0.243 e. The average molecular weight is 471 g/mol. The Morgan fingerprint density at radius 2 is 1.73 bits per heavy atom. The van der Waals surface area contributed by atoms with E-state index in [4.69, 9.17) is 27.9 Å². The van der Waals surface area contributed by atoms with E-state index in [0.29, 0.717) is 48.3 Å². The van der Waals surface area contributed by atoms with Gasteiger partial charge in [0.1, 0.15) is 5.75 Å². The number of nitrogens with zero attached hydrogens (tertiary/aromatic N) is 2. The van der Waals surface area contributed by atoms with Crippen molar-refractivity contribution in [1.29, 1.82) is 0 Å². The zero-order valence-corrected chi connectivity index (χ0v) is 19.2. The molecule has 1 aliphatic heterocycles. The number of benzene rings is 2. The molecule has 0 atom stereocenters. The summed E-state index contributed by atoms with van der Waals surface area (Å²) >= 11 is 12.0. The van der Waals surface area contributed by atoms with Crippen LogP contribution in [0, 0.1) is 5.92 Å². The number of sulfonamides is 1. The van der Waals surface area contributed by atoms with Gasteiger partial charge in [0.2, 0.25) is 15.9 Å². The number of amides is 1. The van der Waals surface area contributed by atoms with E-state index in [-0.39, 0.29) is 16.7 Å². The summed E-state index contributed by atoms with van der Waals surface area (Å²) in [6.07, 6.45) is 0.972. The number of rotatable bonds is 6. The Kier molecular flexibility index (Phi) is 7.29. The summed E-state index contributed by atoms with van der Waals surface area (Å²) in [6, 6.07) is 11.6. The van der Waals surface area contributed by atoms with Crippen LogP contribution in [0.2, 0.25) is 10.0 Å². The van der Waals surface area contributed by atoms with Gasteiger partial charge in [0.15, 0.2) is 0 Å². The standard InChI is InChI=1S/C21H24Cl2N2O4S/c1-24(14-15-3-8-19(22)20(23)13-15)21(26)16-9-11-25(12-10-16)30(27,28)18-6-4-17(29-2)5-7-18/h3-8,13,16H,9-12,14H2,1-2H3. The predicted molar refractivity (Wildman–Crippen MR) is 117 cm³/mol. The van der Waals surface area contributed by atoms with E-state index < -0.39 is 10.0 Å². The van der Waals surface area contributed by atoms with Gasteiger partial charge in [0.25, 0.3) is 0 Å². The Bertz CT molecular complexity index is 1000. The molecular formula is C21H24Cl2N2O4S. The number of halogens is 2. The highest BCUT2D eigenvalue weighted by Crippen LogP contribution is 2.27. The lowest BCUT2D eigenvalue weighted by atomic mass is 9.96. The van der Waals surface area contributed by atoms with Crippen molar-refractivity contribution in [3.8, 4) is 5.75 Å². The maximum atomic E-state index is 12.9. The molecule has 0 bridgehead atoms. The van der Waals surface area contributed by atoms with Crippen LogP contribution in [0.25, 0.3) is 0 Å². The normalized spacial score (nSPS) is 15.7. The summed E-state index contributed by atoms with van der Waals surface area (Å²) in [7, 11) is -0.315. The zero-order chi connectivity index (χ0) is 21.9. The molecule has 1 aliphatic rings. The summed E-state index contributed by atoms with van der Waals surface area (Å²) in [4.78, 5) is 14.7. The molecule has 0 saturated carbocycles. The van der Waals surface area contributed by atoms with Crippen molar-refractivity contribution in [3.05, 3.63) is 58.1 Å². The minimum Gasteiger partial charge on any atom is -0.497 e. The van der Waals surface area contributed by atoms with E-state index in [1.807, 2.05) is 6.07 Å². The van der Waals surface area contributed by atoms with Gasteiger partial charge in [0, 0.05) is 32.6 Å². The fraction of sp³-hybridized carbons (Fsp3) is 0.381. The lowest BCUT2D eigenvalue weighted by molar-refractivity contribution is -0.135. The quantitative estimate of drug-likeness (QED) is 0.638. The highest BCUT2D eigenvalue weighted by molar-refractivity contribution is 7.89. The fourth-order valence-corrected chi connectivity index (χ4v) is 5.33. The van der Waals surface area contributed by atoms with E-state index in [0.717, 1.165) is 5.56 Å². The van der Waals surface area contributed by atoms with Gasteiger partial charge in [-0.1, -0.05) is 29.3 Å². The molecule has 162 valence electrons. The van der Waals surface area contributed by atoms with Gasteiger partial charge in [-0.05, 0) is 54.8 Å². The molecule has 0 N–H and O–H groups in total. The molecule has 2 aromatic rings. The van der Waals surface area contributed by atoms with Crippen molar-refractivity contribution in [2.45, 2.75) is 24.3 Å².